The number of carbonyl (C=O) groups is 1. The third kappa shape index (κ3) is 4.34. The number of hydrogen-bond acceptors (Lipinski definition) is 5. The highest BCUT2D eigenvalue weighted by atomic mass is 32.2. The van der Waals surface area contributed by atoms with E-state index in [1.165, 1.54) is 30.0 Å². The summed E-state index contributed by atoms with van der Waals surface area (Å²) in [6.45, 7) is 2.65. The van der Waals surface area contributed by atoms with Gasteiger partial charge in [0.1, 0.15) is 11.6 Å². The van der Waals surface area contributed by atoms with Gasteiger partial charge in [-0.3, -0.25) is 9.36 Å². The molecule has 3 aromatic rings. The van der Waals surface area contributed by atoms with Crippen LogP contribution < -0.4 is 4.90 Å². The Bertz CT molecular complexity index is 1110. The van der Waals surface area contributed by atoms with E-state index in [0.29, 0.717) is 42.7 Å². The van der Waals surface area contributed by atoms with Crippen molar-refractivity contribution in [3.05, 3.63) is 60.2 Å². The van der Waals surface area contributed by atoms with Crippen LogP contribution in [0.2, 0.25) is 0 Å². The zero-order valence-electron chi connectivity index (χ0n) is 17.5. The van der Waals surface area contributed by atoms with Crippen LogP contribution in [-0.4, -0.2) is 57.5 Å². The highest BCUT2D eigenvalue weighted by Crippen LogP contribution is 2.41. The lowest BCUT2D eigenvalue weighted by Gasteiger charge is -2.36. The van der Waals surface area contributed by atoms with E-state index in [1.54, 1.807) is 30.3 Å². The van der Waals surface area contributed by atoms with Crippen LogP contribution in [0.4, 0.5) is 14.5 Å². The molecule has 1 aromatic heterocycles. The fraction of sp³-hybridized carbons (Fsp3) is 0.348. The third-order valence-corrected chi connectivity index (χ3v) is 6.77. The average molecular weight is 456 g/mol. The van der Waals surface area contributed by atoms with Gasteiger partial charge in [0.2, 0.25) is 5.91 Å². The number of hydrogen-bond donors (Lipinski definition) is 0. The summed E-state index contributed by atoms with van der Waals surface area (Å²) in [5, 5.41) is 9.17. The van der Waals surface area contributed by atoms with Crippen molar-refractivity contribution in [2.45, 2.75) is 24.0 Å². The minimum Gasteiger partial charge on any atom is -0.368 e. The summed E-state index contributed by atoms with van der Waals surface area (Å²) in [5.41, 5.74) is 1.40. The quantitative estimate of drug-likeness (QED) is 0.526. The van der Waals surface area contributed by atoms with Gasteiger partial charge < -0.3 is 9.80 Å². The van der Waals surface area contributed by atoms with Crippen molar-refractivity contribution in [1.29, 1.82) is 0 Å². The van der Waals surface area contributed by atoms with Crippen LogP contribution in [0.15, 0.2) is 53.7 Å². The number of nitrogens with zero attached hydrogens (tertiary/aromatic N) is 5. The largest absolute Gasteiger partial charge is 0.368 e. The van der Waals surface area contributed by atoms with Crippen LogP contribution in [0, 0.1) is 11.6 Å². The molecule has 5 rings (SSSR count). The van der Waals surface area contributed by atoms with Crippen molar-refractivity contribution < 1.29 is 13.6 Å². The SMILES string of the molecule is O=C(CSc1nnc(-c2ccccc2F)n1C1CC1)N1CCN(c2ccc(F)cc2)CC1. The van der Waals surface area contributed by atoms with Gasteiger partial charge in [0.25, 0.3) is 0 Å². The molecule has 0 N–H and O–H groups in total. The van der Waals surface area contributed by atoms with Crippen molar-refractivity contribution in [3.8, 4) is 11.4 Å². The summed E-state index contributed by atoms with van der Waals surface area (Å²) in [4.78, 5) is 16.8. The van der Waals surface area contributed by atoms with Crippen LogP contribution in [0.5, 0.6) is 0 Å². The van der Waals surface area contributed by atoms with E-state index in [1.807, 2.05) is 9.47 Å². The summed E-state index contributed by atoms with van der Waals surface area (Å²) in [6.07, 6.45) is 2.01. The van der Waals surface area contributed by atoms with Gasteiger partial charge in [-0.15, -0.1) is 10.2 Å². The molecule has 32 heavy (non-hydrogen) atoms. The standard InChI is InChI=1S/C23H23F2N5OS/c24-16-5-7-17(8-6-16)28-11-13-29(14-12-28)21(31)15-32-23-27-26-22(30(23)18-9-10-18)19-3-1-2-4-20(19)25/h1-8,18H,9-15H2. The number of aromatic nitrogens is 3. The number of carbonyl (C=O) groups excluding carboxylic acids is 1. The van der Waals surface area contributed by atoms with E-state index in [0.717, 1.165) is 18.5 Å². The maximum Gasteiger partial charge on any atom is 0.233 e. The summed E-state index contributed by atoms with van der Waals surface area (Å²) in [7, 11) is 0. The van der Waals surface area contributed by atoms with Crippen molar-refractivity contribution >= 4 is 23.4 Å². The number of rotatable bonds is 6. The highest BCUT2D eigenvalue weighted by Gasteiger charge is 2.31. The minimum atomic E-state index is -0.326. The van der Waals surface area contributed by atoms with Gasteiger partial charge in [0.05, 0.1) is 11.3 Å². The predicted molar refractivity (Wildman–Crippen MR) is 120 cm³/mol. The first-order valence-electron chi connectivity index (χ1n) is 10.7. The van der Waals surface area contributed by atoms with Crippen molar-refractivity contribution in [2.24, 2.45) is 0 Å². The molecular weight excluding hydrogens is 432 g/mol. The van der Waals surface area contributed by atoms with E-state index >= 15 is 0 Å². The molecule has 0 bridgehead atoms. The Hall–Kier alpha value is -2.94. The van der Waals surface area contributed by atoms with E-state index in [-0.39, 0.29) is 29.3 Å². The molecule has 1 aliphatic heterocycles. The van der Waals surface area contributed by atoms with Crippen molar-refractivity contribution in [3.63, 3.8) is 0 Å². The van der Waals surface area contributed by atoms with Crippen LogP contribution in [0.3, 0.4) is 0 Å². The van der Waals surface area contributed by atoms with E-state index < -0.39 is 0 Å². The zero-order valence-corrected chi connectivity index (χ0v) is 18.3. The van der Waals surface area contributed by atoms with Crippen LogP contribution in [0.1, 0.15) is 18.9 Å². The molecule has 0 spiro atoms. The van der Waals surface area contributed by atoms with E-state index in [2.05, 4.69) is 15.1 Å². The number of thioether (sulfide) groups is 1. The van der Waals surface area contributed by atoms with Crippen LogP contribution >= 0.6 is 11.8 Å². The van der Waals surface area contributed by atoms with Gasteiger partial charge in [-0.25, -0.2) is 8.78 Å². The first-order valence-corrected chi connectivity index (χ1v) is 11.7. The molecule has 2 fully saturated rings. The minimum absolute atomic E-state index is 0.0477. The number of anilines is 1. The fourth-order valence-electron chi connectivity index (χ4n) is 3.95. The maximum absolute atomic E-state index is 14.3. The number of amides is 1. The van der Waals surface area contributed by atoms with Crippen LogP contribution in [0.25, 0.3) is 11.4 Å². The fourth-order valence-corrected chi connectivity index (χ4v) is 4.86. The van der Waals surface area contributed by atoms with Gasteiger partial charge in [-0.2, -0.15) is 0 Å². The molecule has 2 aromatic carbocycles. The first kappa shape index (κ1) is 20.9. The number of halogens is 2. The van der Waals surface area contributed by atoms with Gasteiger partial charge in [0, 0.05) is 37.9 Å². The van der Waals surface area contributed by atoms with Crippen LogP contribution in [-0.2, 0) is 4.79 Å². The Labute approximate surface area is 189 Å². The van der Waals surface area contributed by atoms with Crippen molar-refractivity contribution in [1.82, 2.24) is 19.7 Å². The highest BCUT2D eigenvalue weighted by molar-refractivity contribution is 7.99. The second-order valence-corrected chi connectivity index (χ2v) is 8.96. The summed E-state index contributed by atoms with van der Waals surface area (Å²) in [5.74, 6) is 0.254. The lowest BCUT2D eigenvalue weighted by Crippen LogP contribution is -2.49. The molecule has 1 aliphatic carbocycles. The second-order valence-electron chi connectivity index (χ2n) is 8.02. The van der Waals surface area contributed by atoms with E-state index in [9.17, 15) is 13.6 Å². The van der Waals surface area contributed by atoms with E-state index in [4.69, 9.17) is 0 Å². The Kier molecular flexibility index (Phi) is 5.82. The smallest absolute Gasteiger partial charge is 0.233 e. The molecule has 0 atom stereocenters. The Morgan fingerprint density at radius 2 is 1.69 bits per heavy atom. The average Bonchev–Trinajstić information content (AvgIpc) is 3.57. The lowest BCUT2D eigenvalue weighted by atomic mass is 10.2. The molecule has 0 unspecified atom stereocenters. The molecule has 2 aliphatic rings. The first-order chi connectivity index (χ1) is 15.6. The Morgan fingerprint density at radius 3 is 2.38 bits per heavy atom. The molecular formula is C23H23F2N5OS. The van der Waals surface area contributed by atoms with Gasteiger partial charge >= 0.3 is 0 Å². The van der Waals surface area contributed by atoms with Gasteiger partial charge in [-0.05, 0) is 49.2 Å². The summed E-state index contributed by atoms with van der Waals surface area (Å²) >= 11 is 1.36. The number of piperazine rings is 1. The lowest BCUT2D eigenvalue weighted by molar-refractivity contribution is -0.128. The molecule has 166 valence electrons. The van der Waals surface area contributed by atoms with Crippen molar-refractivity contribution in [2.75, 3.05) is 36.8 Å². The summed E-state index contributed by atoms with van der Waals surface area (Å²) in [6, 6.07) is 13.3. The Morgan fingerprint density at radius 1 is 0.969 bits per heavy atom. The van der Waals surface area contributed by atoms with Gasteiger partial charge in [-0.1, -0.05) is 23.9 Å². The second kappa shape index (κ2) is 8.90. The molecule has 2 heterocycles. The maximum atomic E-state index is 14.3. The van der Waals surface area contributed by atoms with Gasteiger partial charge in [0.15, 0.2) is 11.0 Å². The topological polar surface area (TPSA) is 54.3 Å². The molecule has 0 radical (unpaired) electrons. The molecule has 1 saturated carbocycles. The number of benzene rings is 2. The molecule has 9 heteroatoms. The third-order valence-electron chi connectivity index (χ3n) is 5.84. The summed E-state index contributed by atoms with van der Waals surface area (Å²) < 4.78 is 29.4. The zero-order chi connectivity index (χ0) is 22.1. The molecule has 1 amide bonds. The molecule has 1 saturated heterocycles. The Balaban J connectivity index is 1.21. The predicted octanol–water partition coefficient (Wildman–Crippen LogP) is 4.00. The molecule has 6 nitrogen and oxygen atoms in total. The normalized spacial score (nSPS) is 16.4. The monoisotopic (exact) mass is 455 g/mol.